The van der Waals surface area contributed by atoms with E-state index in [1.807, 2.05) is 85.8 Å². The molecule has 1 fully saturated rings. The molecular weight excluding hydrogens is 474 g/mol. The summed E-state index contributed by atoms with van der Waals surface area (Å²) in [6, 6.07) is 28.0. The third-order valence-electron chi connectivity index (χ3n) is 6.97. The molecule has 2 aromatic heterocycles. The quantitative estimate of drug-likeness (QED) is 0.260. The number of aromatic hydroxyl groups is 1. The Bertz CT molecular complexity index is 1600. The van der Waals surface area contributed by atoms with Crippen LogP contribution in [-0.4, -0.2) is 26.1 Å². The van der Waals surface area contributed by atoms with Crippen LogP contribution < -0.4 is 10.7 Å². The second kappa shape index (κ2) is 9.95. The van der Waals surface area contributed by atoms with Gasteiger partial charge in [0, 0.05) is 28.9 Å². The molecular formula is C31H27N5O2. The zero-order valence-corrected chi connectivity index (χ0v) is 20.9. The predicted molar refractivity (Wildman–Crippen MR) is 148 cm³/mol. The number of nitrogens with one attached hydrogen (secondary N) is 2. The van der Waals surface area contributed by atoms with Crippen LogP contribution in [0, 0.1) is 6.92 Å². The number of rotatable bonds is 4. The maximum Gasteiger partial charge on any atom is 0.336 e. The van der Waals surface area contributed by atoms with Crippen molar-refractivity contribution in [3.8, 4) is 17.0 Å². The summed E-state index contributed by atoms with van der Waals surface area (Å²) in [7, 11) is 0. The molecule has 1 aliphatic heterocycles. The third kappa shape index (κ3) is 4.55. The maximum atomic E-state index is 13.9. The summed E-state index contributed by atoms with van der Waals surface area (Å²) in [5.74, 6) is 0.153. The summed E-state index contributed by atoms with van der Waals surface area (Å²) in [5, 5.41) is 16.2. The number of carbonyl (C=O) groups is 1. The minimum Gasteiger partial charge on any atom is -0.508 e. The lowest BCUT2D eigenvalue weighted by molar-refractivity contribution is 0.179. The number of nitrogens with zero attached hydrogens (tertiary/aromatic N) is 3. The molecule has 7 heteroatoms. The van der Waals surface area contributed by atoms with E-state index in [2.05, 4.69) is 15.7 Å². The van der Waals surface area contributed by atoms with E-state index < -0.39 is 0 Å². The summed E-state index contributed by atoms with van der Waals surface area (Å²) in [4.78, 5) is 22.9. The Morgan fingerprint density at radius 3 is 2.58 bits per heavy atom. The number of fused-ring (bicyclic) bond motifs is 1. The minimum atomic E-state index is -0.383. The van der Waals surface area contributed by atoms with Gasteiger partial charge in [-0.1, -0.05) is 72.3 Å². The molecule has 2 amide bonds. The van der Waals surface area contributed by atoms with E-state index >= 15 is 0 Å². The molecule has 2 unspecified atom stereocenters. The molecule has 6 rings (SSSR count). The number of aromatic nitrogens is 2. The number of phenols is 1. The smallest absolute Gasteiger partial charge is 0.336 e. The predicted octanol–water partition coefficient (Wildman–Crippen LogP) is 6.54. The lowest BCUT2D eigenvalue weighted by Crippen LogP contribution is -2.42. The van der Waals surface area contributed by atoms with Gasteiger partial charge in [-0.05, 0) is 43.2 Å². The number of hydrogen-bond acceptors (Lipinski definition) is 5. The molecule has 3 aromatic carbocycles. The lowest BCUT2D eigenvalue weighted by atomic mass is 9.97. The van der Waals surface area contributed by atoms with Crippen molar-refractivity contribution in [3.63, 3.8) is 0 Å². The van der Waals surface area contributed by atoms with Gasteiger partial charge in [0.05, 0.1) is 29.0 Å². The van der Waals surface area contributed by atoms with Gasteiger partial charge in [0.2, 0.25) is 0 Å². The van der Waals surface area contributed by atoms with Crippen LogP contribution in [0.25, 0.3) is 22.2 Å². The first-order valence-corrected chi connectivity index (χ1v) is 12.6. The minimum absolute atomic E-state index is 0.142. The molecule has 1 aliphatic rings. The lowest BCUT2D eigenvalue weighted by Gasteiger charge is -2.26. The van der Waals surface area contributed by atoms with Gasteiger partial charge in [0.15, 0.2) is 0 Å². The largest absolute Gasteiger partial charge is 0.508 e. The Hall–Kier alpha value is -4.75. The molecule has 7 nitrogen and oxygen atoms in total. The Kier molecular flexibility index (Phi) is 6.19. The van der Waals surface area contributed by atoms with Crippen LogP contribution in [0.2, 0.25) is 0 Å². The molecule has 0 bridgehead atoms. The highest BCUT2D eigenvalue weighted by Crippen LogP contribution is 2.40. The highest BCUT2D eigenvalue weighted by atomic mass is 16.3. The molecule has 188 valence electrons. The van der Waals surface area contributed by atoms with Gasteiger partial charge in [-0.25, -0.2) is 15.2 Å². The molecule has 1 saturated heterocycles. The van der Waals surface area contributed by atoms with Crippen molar-refractivity contribution in [3.05, 3.63) is 120 Å². The monoisotopic (exact) mass is 501 g/mol. The second-order valence-electron chi connectivity index (χ2n) is 9.52. The molecule has 3 N–H and O–H groups in total. The van der Waals surface area contributed by atoms with Crippen molar-refractivity contribution in [1.82, 2.24) is 20.4 Å². The van der Waals surface area contributed by atoms with E-state index in [0.29, 0.717) is 17.7 Å². The summed E-state index contributed by atoms with van der Waals surface area (Å²) >= 11 is 0. The van der Waals surface area contributed by atoms with Gasteiger partial charge in [-0.15, -0.1) is 0 Å². The van der Waals surface area contributed by atoms with Gasteiger partial charge in [-0.3, -0.25) is 9.99 Å². The third-order valence-corrected chi connectivity index (χ3v) is 6.97. The summed E-state index contributed by atoms with van der Waals surface area (Å²) in [6.45, 7) is 2.05. The van der Waals surface area contributed by atoms with Crippen molar-refractivity contribution in [2.24, 2.45) is 0 Å². The van der Waals surface area contributed by atoms with Gasteiger partial charge in [0.25, 0.3) is 0 Å². The molecule has 5 aromatic rings. The number of para-hydroxylation sites is 2. The zero-order valence-electron chi connectivity index (χ0n) is 20.9. The van der Waals surface area contributed by atoms with Crippen molar-refractivity contribution in [2.75, 3.05) is 5.32 Å². The molecule has 38 heavy (non-hydrogen) atoms. The Morgan fingerprint density at radius 1 is 1.00 bits per heavy atom. The summed E-state index contributed by atoms with van der Waals surface area (Å²) in [6.07, 6.45) is 4.11. The fraction of sp³-hybridized carbons (Fsp3) is 0.129. The SMILES string of the molecule is Cc1ccc(-c2cc(NC(=O)N3NC(c4cccnc4)CC3c3ccccc3O)c3ccccc3n2)cc1. The number of benzene rings is 3. The van der Waals surface area contributed by atoms with Gasteiger partial charge in [0.1, 0.15) is 5.75 Å². The maximum absolute atomic E-state index is 13.9. The fourth-order valence-electron chi connectivity index (χ4n) is 4.99. The number of amides is 2. The van der Waals surface area contributed by atoms with Gasteiger partial charge >= 0.3 is 6.03 Å². The number of phenolic OH excluding ortho intramolecular Hbond substituents is 1. The van der Waals surface area contributed by atoms with E-state index in [9.17, 15) is 9.90 Å². The van der Waals surface area contributed by atoms with Crippen LogP contribution in [-0.2, 0) is 0 Å². The van der Waals surface area contributed by atoms with Crippen LogP contribution in [0.5, 0.6) is 5.75 Å². The molecule has 0 saturated carbocycles. The number of hydrazine groups is 1. The highest BCUT2D eigenvalue weighted by Gasteiger charge is 2.38. The number of hydrogen-bond donors (Lipinski definition) is 3. The normalized spacial score (nSPS) is 17.0. The number of carbonyl (C=O) groups excluding carboxylic acids is 1. The number of aryl methyl sites for hydroxylation is 1. The number of urea groups is 1. The van der Waals surface area contributed by atoms with E-state index in [1.165, 1.54) is 5.56 Å². The van der Waals surface area contributed by atoms with E-state index in [-0.39, 0.29) is 23.9 Å². The summed E-state index contributed by atoms with van der Waals surface area (Å²) in [5.41, 5.74) is 9.39. The number of anilines is 1. The molecule has 0 spiro atoms. The van der Waals surface area contributed by atoms with Crippen LogP contribution in [0.1, 0.15) is 35.2 Å². The van der Waals surface area contributed by atoms with Crippen LogP contribution in [0.15, 0.2) is 103 Å². The van der Waals surface area contributed by atoms with Crippen molar-refractivity contribution in [2.45, 2.75) is 25.4 Å². The first kappa shape index (κ1) is 23.6. The Balaban J connectivity index is 1.37. The molecule has 2 atom stereocenters. The van der Waals surface area contributed by atoms with Crippen LogP contribution in [0.3, 0.4) is 0 Å². The van der Waals surface area contributed by atoms with Gasteiger partial charge < -0.3 is 10.4 Å². The number of pyridine rings is 2. The van der Waals surface area contributed by atoms with Crippen molar-refractivity contribution in [1.29, 1.82) is 0 Å². The van der Waals surface area contributed by atoms with Gasteiger partial charge in [-0.2, -0.15) is 0 Å². The van der Waals surface area contributed by atoms with Crippen LogP contribution >= 0.6 is 0 Å². The van der Waals surface area contributed by atoms with E-state index in [0.717, 1.165) is 27.7 Å². The first-order chi connectivity index (χ1) is 18.6. The van der Waals surface area contributed by atoms with Crippen molar-refractivity contribution >= 4 is 22.6 Å². The average molecular weight is 502 g/mol. The highest BCUT2D eigenvalue weighted by molar-refractivity contribution is 6.01. The average Bonchev–Trinajstić information content (AvgIpc) is 3.40. The van der Waals surface area contributed by atoms with E-state index in [1.54, 1.807) is 29.5 Å². The Labute approximate surface area is 220 Å². The fourth-order valence-corrected chi connectivity index (χ4v) is 4.99. The summed E-state index contributed by atoms with van der Waals surface area (Å²) < 4.78 is 0. The second-order valence-corrected chi connectivity index (χ2v) is 9.52. The topological polar surface area (TPSA) is 90.4 Å². The first-order valence-electron chi connectivity index (χ1n) is 12.6. The zero-order chi connectivity index (χ0) is 26.1. The van der Waals surface area contributed by atoms with Crippen molar-refractivity contribution < 1.29 is 9.90 Å². The molecule has 0 radical (unpaired) electrons. The Morgan fingerprint density at radius 2 is 1.79 bits per heavy atom. The molecule has 0 aliphatic carbocycles. The molecule has 3 heterocycles. The van der Waals surface area contributed by atoms with Crippen LogP contribution in [0.4, 0.5) is 10.5 Å². The standard InChI is InChI=1S/C31H27N5O2/c1-20-12-14-21(15-13-20)26-17-28(23-8-2-4-10-25(23)33-26)34-31(38)36-29(24-9-3-5-11-30(24)37)18-27(35-36)22-7-6-16-32-19-22/h2-17,19,27,29,35,37H,18H2,1H3,(H,33,34,38). The van der Waals surface area contributed by atoms with E-state index in [4.69, 9.17) is 4.98 Å².